The number of fused-ring (bicyclic) bond motifs is 1. The summed E-state index contributed by atoms with van der Waals surface area (Å²) < 4.78 is 0. The molecule has 1 saturated carbocycles. The maximum Gasteiger partial charge on any atom is 0.309 e. The van der Waals surface area contributed by atoms with Crippen LogP contribution in [0.15, 0.2) is 0 Å². The molecule has 2 unspecified atom stereocenters. The molecule has 3 nitrogen and oxygen atoms in total. The zero-order valence-electron chi connectivity index (χ0n) is 11.1. The maximum atomic E-state index is 11.0. The van der Waals surface area contributed by atoms with Crippen molar-refractivity contribution in [1.29, 1.82) is 0 Å². The average molecular weight is 239 g/mol. The van der Waals surface area contributed by atoms with Crippen molar-refractivity contribution in [1.82, 2.24) is 4.90 Å². The molecule has 0 amide bonds. The smallest absolute Gasteiger partial charge is 0.309 e. The molecule has 3 heteroatoms. The fourth-order valence-electron chi connectivity index (χ4n) is 3.37. The zero-order valence-corrected chi connectivity index (χ0v) is 11.1. The van der Waals surface area contributed by atoms with Crippen LogP contribution in [0.4, 0.5) is 0 Å². The largest absolute Gasteiger partial charge is 0.481 e. The number of hydrogen-bond acceptors (Lipinski definition) is 2. The van der Waals surface area contributed by atoms with Crippen molar-refractivity contribution in [2.75, 3.05) is 19.6 Å². The Morgan fingerprint density at radius 1 is 1.29 bits per heavy atom. The second-order valence-corrected chi connectivity index (χ2v) is 6.50. The van der Waals surface area contributed by atoms with Crippen LogP contribution in [-0.4, -0.2) is 35.6 Å². The Hall–Kier alpha value is -0.570. The van der Waals surface area contributed by atoms with Gasteiger partial charge in [-0.15, -0.1) is 0 Å². The van der Waals surface area contributed by atoms with E-state index >= 15 is 0 Å². The van der Waals surface area contributed by atoms with Crippen LogP contribution < -0.4 is 0 Å². The van der Waals surface area contributed by atoms with E-state index in [1.807, 2.05) is 13.8 Å². The summed E-state index contributed by atoms with van der Waals surface area (Å²) in [5.41, 5.74) is -0.560. The molecule has 0 aromatic rings. The Morgan fingerprint density at radius 2 is 1.88 bits per heavy atom. The van der Waals surface area contributed by atoms with Gasteiger partial charge in [0.25, 0.3) is 0 Å². The standard InChI is InChI=1S/C14H25NO2/c1-14(2,13(16)17)7-4-8-15-9-11-5-3-6-12(11)10-15/h11-12H,3-10H2,1-2H3,(H,16,17). The number of carboxylic acid groups (broad SMARTS) is 1. The lowest BCUT2D eigenvalue weighted by Gasteiger charge is -2.22. The fourth-order valence-corrected chi connectivity index (χ4v) is 3.37. The normalized spacial score (nSPS) is 29.5. The van der Waals surface area contributed by atoms with Gasteiger partial charge in [0.1, 0.15) is 0 Å². The molecule has 2 atom stereocenters. The van der Waals surface area contributed by atoms with E-state index in [0.717, 1.165) is 31.2 Å². The van der Waals surface area contributed by atoms with Crippen LogP contribution in [0.2, 0.25) is 0 Å². The summed E-state index contributed by atoms with van der Waals surface area (Å²) in [4.78, 5) is 13.5. The molecule has 1 heterocycles. The molecule has 0 aromatic carbocycles. The number of aliphatic carboxylic acids is 1. The summed E-state index contributed by atoms with van der Waals surface area (Å²) in [5, 5.41) is 9.05. The predicted octanol–water partition coefficient (Wildman–Crippen LogP) is 2.61. The number of rotatable bonds is 5. The van der Waals surface area contributed by atoms with Crippen molar-refractivity contribution in [2.45, 2.75) is 46.0 Å². The number of nitrogens with zero attached hydrogens (tertiary/aromatic N) is 1. The fraction of sp³-hybridized carbons (Fsp3) is 0.929. The van der Waals surface area contributed by atoms with Gasteiger partial charge >= 0.3 is 5.97 Å². The summed E-state index contributed by atoms with van der Waals surface area (Å²) in [6.45, 7) is 7.27. The van der Waals surface area contributed by atoms with E-state index in [1.54, 1.807) is 0 Å². The highest BCUT2D eigenvalue weighted by Crippen LogP contribution is 2.37. The van der Waals surface area contributed by atoms with Gasteiger partial charge < -0.3 is 10.0 Å². The monoisotopic (exact) mass is 239 g/mol. The first kappa shape index (κ1) is 12.9. The number of likely N-dealkylation sites (tertiary alicyclic amines) is 1. The van der Waals surface area contributed by atoms with Crippen molar-refractivity contribution in [2.24, 2.45) is 17.3 Å². The lowest BCUT2D eigenvalue weighted by molar-refractivity contribution is -0.147. The summed E-state index contributed by atoms with van der Waals surface area (Å²) >= 11 is 0. The van der Waals surface area contributed by atoms with Gasteiger partial charge in [0.15, 0.2) is 0 Å². The molecule has 0 radical (unpaired) electrons. The third-order valence-corrected chi connectivity index (χ3v) is 4.66. The van der Waals surface area contributed by atoms with E-state index in [1.165, 1.54) is 32.4 Å². The molecule has 1 N–H and O–H groups in total. The molecule has 2 aliphatic rings. The molecular weight excluding hydrogens is 214 g/mol. The first-order valence-electron chi connectivity index (χ1n) is 6.95. The highest BCUT2D eigenvalue weighted by atomic mass is 16.4. The molecule has 2 rings (SSSR count). The molecule has 2 fully saturated rings. The van der Waals surface area contributed by atoms with Crippen LogP contribution >= 0.6 is 0 Å². The van der Waals surface area contributed by atoms with Crippen LogP contribution in [-0.2, 0) is 4.79 Å². The zero-order chi connectivity index (χ0) is 12.5. The van der Waals surface area contributed by atoms with Crippen molar-refractivity contribution < 1.29 is 9.90 Å². The van der Waals surface area contributed by atoms with Gasteiger partial charge in [-0.05, 0) is 57.9 Å². The third kappa shape index (κ3) is 3.01. The van der Waals surface area contributed by atoms with Gasteiger partial charge in [0.05, 0.1) is 5.41 Å². The van der Waals surface area contributed by atoms with Crippen LogP contribution in [0, 0.1) is 17.3 Å². The van der Waals surface area contributed by atoms with Crippen molar-refractivity contribution in [3.05, 3.63) is 0 Å². The van der Waals surface area contributed by atoms with Gasteiger partial charge in [-0.25, -0.2) is 0 Å². The van der Waals surface area contributed by atoms with Crippen LogP contribution in [0.5, 0.6) is 0 Å². The highest BCUT2D eigenvalue weighted by molar-refractivity contribution is 5.73. The summed E-state index contributed by atoms with van der Waals surface area (Å²) in [6.07, 6.45) is 6.06. The SMILES string of the molecule is CC(C)(CCCN1CC2CCCC2C1)C(=O)O. The van der Waals surface area contributed by atoms with E-state index in [2.05, 4.69) is 4.90 Å². The van der Waals surface area contributed by atoms with Crippen molar-refractivity contribution >= 4 is 5.97 Å². The Morgan fingerprint density at radius 3 is 2.41 bits per heavy atom. The van der Waals surface area contributed by atoms with E-state index in [-0.39, 0.29) is 0 Å². The van der Waals surface area contributed by atoms with Crippen LogP contribution in [0.25, 0.3) is 0 Å². The Balaban J connectivity index is 1.68. The van der Waals surface area contributed by atoms with Crippen molar-refractivity contribution in [3.63, 3.8) is 0 Å². The van der Waals surface area contributed by atoms with E-state index < -0.39 is 11.4 Å². The van der Waals surface area contributed by atoms with Crippen LogP contribution in [0.3, 0.4) is 0 Å². The number of carbonyl (C=O) groups is 1. The second kappa shape index (κ2) is 4.97. The lowest BCUT2D eigenvalue weighted by Crippen LogP contribution is -2.27. The van der Waals surface area contributed by atoms with Gasteiger partial charge in [-0.1, -0.05) is 6.42 Å². The molecule has 1 aliphatic heterocycles. The summed E-state index contributed by atoms with van der Waals surface area (Å²) in [5.74, 6) is 1.22. The minimum Gasteiger partial charge on any atom is -0.481 e. The van der Waals surface area contributed by atoms with Gasteiger partial charge in [0.2, 0.25) is 0 Å². The first-order valence-corrected chi connectivity index (χ1v) is 6.95. The topological polar surface area (TPSA) is 40.5 Å². The number of carboxylic acids is 1. The maximum absolute atomic E-state index is 11.0. The van der Waals surface area contributed by atoms with E-state index in [4.69, 9.17) is 5.11 Å². The molecule has 17 heavy (non-hydrogen) atoms. The Labute approximate surface area is 104 Å². The molecule has 1 aliphatic carbocycles. The number of hydrogen-bond donors (Lipinski definition) is 1. The minimum atomic E-state index is -0.671. The molecule has 0 bridgehead atoms. The summed E-state index contributed by atoms with van der Waals surface area (Å²) in [6, 6.07) is 0. The quantitative estimate of drug-likeness (QED) is 0.801. The Kier molecular flexibility index (Phi) is 3.76. The molecular formula is C14H25NO2. The molecule has 98 valence electrons. The predicted molar refractivity (Wildman–Crippen MR) is 67.9 cm³/mol. The third-order valence-electron chi connectivity index (χ3n) is 4.66. The molecule has 0 aromatic heterocycles. The van der Waals surface area contributed by atoms with Gasteiger partial charge in [-0.3, -0.25) is 4.79 Å². The van der Waals surface area contributed by atoms with Gasteiger partial charge in [-0.2, -0.15) is 0 Å². The molecule has 1 saturated heterocycles. The average Bonchev–Trinajstić information content (AvgIpc) is 2.76. The molecule has 0 spiro atoms. The minimum absolute atomic E-state index is 0.560. The Bertz CT molecular complexity index is 276. The van der Waals surface area contributed by atoms with Gasteiger partial charge in [0, 0.05) is 13.1 Å². The highest BCUT2D eigenvalue weighted by Gasteiger charge is 2.36. The lowest BCUT2D eigenvalue weighted by atomic mass is 9.88. The van der Waals surface area contributed by atoms with Crippen molar-refractivity contribution in [3.8, 4) is 0 Å². The van der Waals surface area contributed by atoms with E-state index in [0.29, 0.717) is 0 Å². The van der Waals surface area contributed by atoms with Crippen LogP contribution in [0.1, 0.15) is 46.0 Å². The second-order valence-electron chi connectivity index (χ2n) is 6.50. The summed E-state index contributed by atoms with van der Waals surface area (Å²) in [7, 11) is 0. The van der Waals surface area contributed by atoms with E-state index in [9.17, 15) is 4.79 Å². The first-order chi connectivity index (χ1) is 7.99.